The second-order valence-corrected chi connectivity index (χ2v) is 5.18. The lowest BCUT2D eigenvalue weighted by Gasteiger charge is -2.29. The van der Waals surface area contributed by atoms with Gasteiger partial charge in [0.2, 0.25) is 0 Å². The van der Waals surface area contributed by atoms with E-state index in [-0.39, 0.29) is 0 Å². The Morgan fingerprint density at radius 3 is 2.47 bits per heavy atom. The van der Waals surface area contributed by atoms with Crippen molar-refractivity contribution in [1.82, 2.24) is 0 Å². The van der Waals surface area contributed by atoms with E-state index in [0.717, 1.165) is 0 Å². The predicted octanol–water partition coefficient (Wildman–Crippen LogP) is 2.70. The maximum atomic E-state index is 2.47. The summed E-state index contributed by atoms with van der Waals surface area (Å²) in [7, 11) is 0. The summed E-state index contributed by atoms with van der Waals surface area (Å²) in [5.74, 6) is 0.706. The summed E-state index contributed by atoms with van der Waals surface area (Å²) < 4.78 is 0. The Kier molecular flexibility index (Phi) is 2.68. The molecular weight excluding hydrogens is 180 g/mol. The van der Waals surface area contributed by atoms with Gasteiger partial charge in [-0.15, -0.1) is 0 Å². The van der Waals surface area contributed by atoms with Gasteiger partial charge in [-0.25, -0.2) is 0 Å². The largest absolute Gasteiger partial charge is 0.0766 e. The van der Waals surface area contributed by atoms with Gasteiger partial charge in [-0.3, -0.25) is 0 Å². The third kappa shape index (κ3) is 1.99. The first-order valence-corrected chi connectivity index (χ1v) is 5.90. The topological polar surface area (TPSA) is 0 Å². The van der Waals surface area contributed by atoms with E-state index >= 15 is 0 Å². The minimum Gasteiger partial charge on any atom is -0.0766 e. The fraction of sp³-hybridized carbons (Fsp3) is 0.467. The molecule has 0 heteroatoms. The molecule has 0 aliphatic heterocycles. The van der Waals surface area contributed by atoms with Crippen LogP contribution in [0.5, 0.6) is 0 Å². The first kappa shape index (κ1) is 10.5. The summed E-state index contributed by atoms with van der Waals surface area (Å²) in [5.41, 5.74) is 0.350. The van der Waals surface area contributed by atoms with Gasteiger partial charge in [0, 0.05) is 0 Å². The van der Waals surface area contributed by atoms with Gasteiger partial charge in [0.15, 0.2) is 0 Å². The van der Waals surface area contributed by atoms with Gasteiger partial charge in [-0.2, -0.15) is 0 Å². The predicted molar refractivity (Wildman–Crippen MR) is 66.8 cm³/mol. The van der Waals surface area contributed by atoms with Gasteiger partial charge in [-0.1, -0.05) is 57.2 Å². The van der Waals surface area contributed by atoms with Crippen molar-refractivity contribution in [2.45, 2.75) is 33.6 Å². The molecule has 0 saturated carbocycles. The maximum Gasteiger partial charge on any atom is -0.0111 e. The molecule has 0 nitrogen and oxygen atoms in total. The average molecular weight is 200 g/mol. The van der Waals surface area contributed by atoms with E-state index in [2.05, 4.69) is 57.2 Å². The fourth-order valence-electron chi connectivity index (χ4n) is 2.25. The second-order valence-electron chi connectivity index (χ2n) is 5.18. The summed E-state index contributed by atoms with van der Waals surface area (Å²) >= 11 is 0. The molecule has 1 aromatic carbocycles. The third-order valence-electron chi connectivity index (χ3n) is 3.85. The van der Waals surface area contributed by atoms with Crippen LogP contribution >= 0.6 is 0 Å². The van der Waals surface area contributed by atoms with Crippen LogP contribution in [0.4, 0.5) is 0 Å². The first-order valence-electron chi connectivity index (χ1n) is 5.90. The standard InChI is InChI=1S/C15H20/c1-12(2)15(3)10-6-9-13-7-4-5-8-14(13)11-15/h4-5,7-9,11-12H,6,10H2,1-3H3. The van der Waals surface area contributed by atoms with E-state index in [4.69, 9.17) is 0 Å². The third-order valence-corrected chi connectivity index (χ3v) is 3.85. The highest BCUT2D eigenvalue weighted by atomic mass is 14.3. The van der Waals surface area contributed by atoms with E-state index in [1.807, 2.05) is 0 Å². The Balaban J connectivity index is 2.62. The van der Waals surface area contributed by atoms with Crippen molar-refractivity contribution in [3.05, 3.63) is 34.7 Å². The molecule has 0 radical (unpaired) electrons. The summed E-state index contributed by atoms with van der Waals surface area (Å²) in [6, 6.07) is 8.71. The van der Waals surface area contributed by atoms with Crippen molar-refractivity contribution in [1.29, 1.82) is 0 Å². The van der Waals surface area contributed by atoms with Gasteiger partial charge in [0.1, 0.15) is 0 Å². The molecule has 0 aromatic heterocycles. The molecule has 1 aromatic rings. The number of fused-ring (bicyclic) bond motifs is 1. The van der Waals surface area contributed by atoms with Gasteiger partial charge < -0.3 is 0 Å². The van der Waals surface area contributed by atoms with Crippen LogP contribution in [0.3, 0.4) is 0 Å². The quantitative estimate of drug-likeness (QED) is 0.654. The smallest absolute Gasteiger partial charge is 0.0111 e. The van der Waals surface area contributed by atoms with E-state index < -0.39 is 0 Å². The SMILES string of the molecule is CC(C)C1(C)C=c2ccccc2=CCC1. The van der Waals surface area contributed by atoms with E-state index in [0.29, 0.717) is 11.3 Å². The molecule has 0 heterocycles. The van der Waals surface area contributed by atoms with Gasteiger partial charge in [0.05, 0.1) is 0 Å². The molecule has 0 spiro atoms. The molecule has 0 fully saturated rings. The summed E-state index contributed by atoms with van der Waals surface area (Å²) in [4.78, 5) is 0. The fourth-order valence-corrected chi connectivity index (χ4v) is 2.25. The zero-order valence-corrected chi connectivity index (χ0v) is 9.96. The summed E-state index contributed by atoms with van der Waals surface area (Å²) in [5, 5.41) is 2.81. The summed E-state index contributed by atoms with van der Waals surface area (Å²) in [6.45, 7) is 7.03. The van der Waals surface area contributed by atoms with Crippen molar-refractivity contribution < 1.29 is 0 Å². The molecule has 0 saturated heterocycles. The van der Waals surface area contributed by atoms with Crippen LogP contribution < -0.4 is 10.4 Å². The van der Waals surface area contributed by atoms with Crippen LogP contribution in [0.15, 0.2) is 24.3 Å². The number of rotatable bonds is 1. The zero-order chi connectivity index (χ0) is 10.9. The van der Waals surface area contributed by atoms with Crippen molar-refractivity contribution in [3.63, 3.8) is 0 Å². The highest BCUT2D eigenvalue weighted by molar-refractivity contribution is 5.39. The van der Waals surface area contributed by atoms with Crippen LogP contribution in [0.25, 0.3) is 12.2 Å². The lowest BCUT2D eigenvalue weighted by Crippen LogP contribution is -2.28. The number of benzene rings is 1. The van der Waals surface area contributed by atoms with Gasteiger partial charge >= 0.3 is 0 Å². The average Bonchev–Trinajstić information content (AvgIpc) is 2.36. The Morgan fingerprint density at radius 1 is 1.13 bits per heavy atom. The molecule has 15 heavy (non-hydrogen) atoms. The number of hydrogen-bond acceptors (Lipinski definition) is 0. The zero-order valence-electron chi connectivity index (χ0n) is 9.96. The Hall–Kier alpha value is -1.04. The Bertz CT molecular complexity index is 453. The Morgan fingerprint density at radius 2 is 1.80 bits per heavy atom. The first-order chi connectivity index (χ1) is 7.12. The van der Waals surface area contributed by atoms with Gasteiger partial charge in [-0.05, 0) is 34.6 Å². The van der Waals surface area contributed by atoms with E-state index in [1.165, 1.54) is 23.3 Å². The molecule has 1 aliphatic rings. The van der Waals surface area contributed by atoms with Crippen LogP contribution in [-0.4, -0.2) is 0 Å². The molecule has 80 valence electrons. The van der Waals surface area contributed by atoms with Crippen LogP contribution in [0, 0.1) is 11.3 Å². The molecule has 0 N–H and O–H groups in total. The van der Waals surface area contributed by atoms with E-state index in [1.54, 1.807) is 0 Å². The van der Waals surface area contributed by atoms with Gasteiger partial charge in [0.25, 0.3) is 0 Å². The maximum absolute atomic E-state index is 2.47. The molecule has 1 aliphatic carbocycles. The second kappa shape index (κ2) is 3.84. The highest BCUT2D eigenvalue weighted by Crippen LogP contribution is 2.34. The van der Waals surface area contributed by atoms with Crippen molar-refractivity contribution in [2.24, 2.45) is 11.3 Å². The highest BCUT2D eigenvalue weighted by Gasteiger charge is 2.25. The van der Waals surface area contributed by atoms with Crippen LogP contribution in [-0.2, 0) is 0 Å². The summed E-state index contributed by atoms with van der Waals surface area (Å²) in [6.07, 6.45) is 7.30. The normalized spacial score (nSPS) is 25.1. The van der Waals surface area contributed by atoms with Crippen molar-refractivity contribution >= 4 is 12.2 Å². The lowest BCUT2D eigenvalue weighted by atomic mass is 9.75. The molecule has 2 rings (SSSR count). The lowest BCUT2D eigenvalue weighted by molar-refractivity contribution is 0.305. The Labute approximate surface area is 92.3 Å². The monoisotopic (exact) mass is 200 g/mol. The molecule has 1 atom stereocenters. The van der Waals surface area contributed by atoms with E-state index in [9.17, 15) is 0 Å². The minimum atomic E-state index is 0.350. The van der Waals surface area contributed by atoms with Crippen LogP contribution in [0.1, 0.15) is 33.6 Å². The number of hydrogen-bond donors (Lipinski definition) is 0. The van der Waals surface area contributed by atoms with Crippen molar-refractivity contribution in [3.8, 4) is 0 Å². The molecular formula is C15H20. The molecule has 0 bridgehead atoms. The van der Waals surface area contributed by atoms with Crippen molar-refractivity contribution in [2.75, 3.05) is 0 Å². The molecule has 1 unspecified atom stereocenters. The molecule has 0 amide bonds. The minimum absolute atomic E-state index is 0.350. The van der Waals surface area contributed by atoms with Crippen LogP contribution in [0.2, 0.25) is 0 Å².